The summed E-state index contributed by atoms with van der Waals surface area (Å²) >= 11 is 0. The van der Waals surface area contributed by atoms with Crippen LogP contribution in [0.25, 0.3) is 11.0 Å². The third kappa shape index (κ3) is 2.09. The molecule has 1 aromatic heterocycles. The molecule has 1 aromatic carbocycles. The molecule has 1 unspecified atom stereocenters. The van der Waals surface area contributed by atoms with Gasteiger partial charge in [0.2, 0.25) is 0 Å². The first kappa shape index (κ1) is 10.8. The monoisotopic (exact) mass is 229 g/mol. The van der Waals surface area contributed by atoms with Crippen molar-refractivity contribution in [2.45, 2.75) is 38.6 Å². The van der Waals surface area contributed by atoms with Gasteiger partial charge in [-0.3, -0.25) is 0 Å². The molecule has 0 bridgehead atoms. The second-order valence-electron chi connectivity index (χ2n) is 4.98. The van der Waals surface area contributed by atoms with Gasteiger partial charge in [-0.25, -0.2) is 0 Å². The first-order valence-electron chi connectivity index (χ1n) is 6.55. The van der Waals surface area contributed by atoms with Gasteiger partial charge in [-0.15, -0.1) is 0 Å². The smallest absolute Gasteiger partial charge is 0.134 e. The lowest BCUT2D eigenvalue weighted by atomic mass is 10.1. The van der Waals surface area contributed by atoms with E-state index < -0.39 is 0 Å². The van der Waals surface area contributed by atoms with Crippen LogP contribution >= 0.6 is 0 Å². The maximum atomic E-state index is 5.93. The van der Waals surface area contributed by atoms with Crippen molar-refractivity contribution in [3.05, 3.63) is 35.6 Å². The zero-order chi connectivity index (χ0) is 11.7. The maximum Gasteiger partial charge on any atom is 0.134 e. The van der Waals surface area contributed by atoms with Gasteiger partial charge in [-0.2, -0.15) is 0 Å². The predicted molar refractivity (Wildman–Crippen MR) is 70.3 cm³/mol. The van der Waals surface area contributed by atoms with E-state index in [0.717, 1.165) is 12.0 Å². The average Bonchev–Trinajstić information content (AvgIpc) is 2.96. The highest BCUT2D eigenvalue weighted by atomic mass is 16.3. The summed E-state index contributed by atoms with van der Waals surface area (Å²) in [4.78, 5) is 0. The lowest BCUT2D eigenvalue weighted by Crippen LogP contribution is -2.21. The Labute approximate surface area is 102 Å². The van der Waals surface area contributed by atoms with E-state index in [2.05, 4.69) is 30.4 Å². The van der Waals surface area contributed by atoms with E-state index in [0.29, 0.717) is 6.04 Å². The first-order valence-corrected chi connectivity index (χ1v) is 6.55. The summed E-state index contributed by atoms with van der Waals surface area (Å²) in [5.41, 5.74) is 2.35. The Hall–Kier alpha value is -1.28. The van der Waals surface area contributed by atoms with Gasteiger partial charge < -0.3 is 9.73 Å². The van der Waals surface area contributed by atoms with Gasteiger partial charge >= 0.3 is 0 Å². The van der Waals surface area contributed by atoms with Crippen LogP contribution in [0.2, 0.25) is 0 Å². The summed E-state index contributed by atoms with van der Waals surface area (Å²) < 4.78 is 5.93. The van der Waals surface area contributed by atoms with Crippen LogP contribution in [-0.2, 0) is 6.42 Å². The fraction of sp³-hybridized carbons (Fsp3) is 0.467. The molecule has 1 atom stereocenters. The molecule has 2 heteroatoms. The second-order valence-corrected chi connectivity index (χ2v) is 4.98. The standard InChI is InChI=1S/C15H19NO/c1-11-13-6-2-3-7-15(13)17-14(11)9-8-12-5-4-10-16-12/h2-3,6-7,12,16H,4-5,8-10H2,1H3. The topological polar surface area (TPSA) is 25.2 Å². The Bertz CT molecular complexity index is 509. The molecule has 1 saturated heterocycles. The highest BCUT2D eigenvalue weighted by Gasteiger charge is 2.16. The van der Waals surface area contributed by atoms with Gasteiger partial charge in [0.05, 0.1) is 0 Å². The number of fused-ring (bicyclic) bond motifs is 1. The summed E-state index contributed by atoms with van der Waals surface area (Å²) in [6, 6.07) is 9.01. The zero-order valence-corrected chi connectivity index (χ0v) is 10.3. The number of hydrogen-bond donors (Lipinski definition) is 1. The molecule has 3 rings (SSSR count). The maximum absolute atomic E-state index is 5.93. The minimum atomic E-state index is 0.697. The van der Waals surface area contributed by atoms with Crippen LogP contribution in [0.15, 0.2) is 28.7 Å². The van der Waals surface area contributed by atoms with E-state index in [1.54, 1.807) is 0 Å². The number of nitrogens with one attached hydrogen (secondary N) is 1. The fourth-order valence-corrected chi connectivity index (χ4v) is 2.77. The van der Waals surface area contributed by atoms with E-state index in [1.165, 1.54) is 42.5 Å². The molecule has 2 heterocycles. The van der Waals surface area contributed by atoms with Gasteiger partial charge in [0.25, 0.3) is 0 Å². The van der Waals surface area contributed by atoms with Crippen molar-refractivity contribution in [2.75, 3.05) is 6.54 Å². The SMILES string of the molecule is Cc1c(CCC2CCCN2)oc2ccccc12. The molecule has 1 N–H and O–H groups in total. The lowest BCUT2D eigenvalue weighted by Gasteiger charge is -2.08. The van der Waals surface area contributed by atoms with Crippen molar-refractivity contribution in [1.82, 2.24) is 5.32 Å². The Morgan fingerprint density at radius 1 is 1.35 bits per heavy atom. The van der Waals surface area contributed by atoms with Crippen molar-refractivity contribution in [3.8, 4) is 0 Å². The van der Waals surface area contributed by atoms with Gasteiger partial charge in [0, 0.05) is 17.8 Å². The van der Waals surface area contributed by atoms with E-state index in [1.807, 2.05) is 6.07 Å². The van der Waals surface area contributed by atoms with Crippen LogP contribution in [0.4, 0.5) is 0 Å². The average molecular weight is 229 g/mol. The van der Waals surface area contributed by atoms with Crippen molar-refractivity contribution in [3.63, 3.8) is 0 Å². The molecular weight excluding hydrogens is 210 g/mol. The molecule has 0 aliphatic carbocycles. The van der Waals surface area contributed by atoms with Crippen LogP contribution in [0.5, 0.6) is 0 Å². The molecule has 17 heavy (non-hydrogen) atoms. The van der Waals surface area contributed by atoms with Crippen LogP contribution in [0, 0.1) is 6.92 Å². The fourth-order valence-electron chi connectivity index (χ4n) is 2.77. The van der Waals surface area contributed by atoms with Gasteiger partial charge in [-0.05, 0) is 44.4 Å². The normalized spacial score (nSPS) is 20.2. The number of benzene rings is 1. The van der Waals surface area contributed by atoms with Gasteiger partial charge in [0.15, 0.2) is 0 Å². The Balaban J connectivity index is 1.78. The van der Waals surface area contributed by atoms with Gasteiger partial charge in [-0.1, -0.05) is 18.2 Å². The molecule has 1 aliphatic heterocycles. The van der Waals surface area contributed by atoms with Crippen molar-refractivity contribution < 1.29 is 4.42 Å². The molecule has 2 aromatic rings. The molecular formula is C15H19NO. The summed E-state index contributed by atoms with van der Waals surface area (Å²) in [5, 5.41) is 4.80. The lowest BCUT2D eigenvalue weighted by molar-refractivity contribution is 0.492. The quantitative estimate of drug-likeness (QED) is 0.872. The number of para-hydroxylation sites is 1. The zero-order valence-electron chi connectivity index (χ0n) is 10.3. The Morgan fingerprint density at radius 3 is 3.00 bits per heavy atom. The third-order valence-electron chi connectivity index (χ3n) is 3.82. The number of furan rings is 1. The van der Waals surface area contributed by atoms with E-state index in [-0.39, 0.29) is 0 Å². The van der Waals surface area contributed by atoms with Crippen molar-refractivity contribution in [1.29, 1.82) is 0 Å². The summed E-state index contributed by atoms with van der Waals surface area (Å²) in [5.74, 6) is 1.17. The molecule has 0 saturated carbocycles. The molecule has 0 radical (unpaired) electrons. The molecule has 0 spiro atoms. The summed E-state index contributed by atoms with van der Waals surface area (Å²) in [6.07, 6.45) is 4.89. The summed E-state index contributed by atoms with van der Waals surface area (Å²) in [6.45, 7) is 3.35. The van der Waals surface area contributed by atoms with Crippen molar-refractivity contribution in [2.24, 2.45) is 0 Å². The van der Waals surface area contributed by atoms with Crippen LogP contribution in [0.3, 0.4) is 0 Å². The van der Waals surface area contributed by atoms with Crippen molar-refractivity contribution >= 4 is 11.0 Å². The third-order valence-corrected chi connectivity index (χ3v) is 3.82. The number of aryl methyl sites for hydroxylation is 2. The number of rotatable bonds is 3. The molecule has 2 nitrogen and oxygen atoms in total. The second kappa shape index (κ2) is 4.53. The minimum Gasteiger partial charge on any atom is -0.461 e. The van der Waals surface area contributed by atoms with Crippen LogP contribution < -0.4 is 5.32 Å². The molecule has 0 amide bonds. The van der Waals surface area contributed by atoms with Gasteiger partial charge in [0.1, 0.15) is 11.3 Å². The molecule has 90 valence electrons. The Morgan fingerprint density at radius 2 is 2.24 bits per heavy atom. The first-order chi connectivity index (χ1) is 8.34. The predicted octanol–water partition coefficient (Wildman–Crippen LogP) is 3.43. The largest absolute Gasteiger partial charge is 0.461 e. The molecule has 1 fully saturated rings. The highest BCUT2D eigenvalue weighted by molar-refractivity contribution is 5.81. The Kier molecular flexibility index (Phi) is 2.89. The van der Waals surface area contributed by atoms with E-state index in [9.17, 15) is 0 Å². The highest BCUT2D eigenvalue weighted by Crippen LogP contribution is 2.26. The number of hydrogen-bond acceptors (Lipinski definition) is 2. The van der Waals surface area contributed by atoms with E-state index >= 15 is 0 Å². The summed E-state index contributed by atoms with van der Waals surface area (Å²) in [7, 11) is 0. The molecule has 1 aliphatic rings. The van der Waals surface area contributed by atoms with Crippen LogP contribution in [0.1, 0.15) is 30.6 Å². The van der Waals surface area contributed by atoms with E-state index in [4.69, 9.17) is 4.42 Å². The van der Waals surface area contributed by atoms with Crippen LogP contribution in [-0.4, -0.2) is 12.6 Å². The minimum absolute atomic E-state index is 0.697.